The smallest absolute Gasteiger partial charge is 0.187 e. The van der Waals surface area contributed by atoms with Gasteiger partial charge in [-0.2, -0.15) is 9.78 Å². The quantitative estimate of drug-likeness (QED) is 0.778. The fourth-order valence-electron chi connectivity index (χ4n) is 1.91. The Morgan fingerprint density at radius 3 is 2.65 bits per heavy atom. The molecule has 1 aromatic carbocycles. The van der Waals surface area contributed by atoms with Crippen LogP contribution in [-0.2, 0) is 0 Å². The Bertz CT molecular complexity index is 685. The third-order valence-electron chi connectivity index (χ3n) is 3.15. The van der Waals surface area contributed by atoms with Gasteiger partial charge in [0, 0.05) is 21.2 Å². The number of hydrogen-bond donors (Lipinski definition) is 0. The van der Waals surface area contributed by atoms with Gasteiger partial charge in [-0.25, -0.2) is 0 Å². The van der Waals surface area contributed by atoms with Gasteiger partial charge in [-0.15, -0.1) is 10.2 Å². The van der Waals surface area contributed by atoms with Gasteiger partial charge in [-0.3, -0.25) is 0 Å². The van der Waals surface area contributed by atoms with Crippen molar-refractivity contribution < 1.29 is 0 Å². The molecule has 0 bridgehead atoms. The van der Waals surface area contributed by atoms with Crippen molar-refractivity contribution in [3.63, 3.8) is 0 Å². The average molecular weight is 351 g/mol. The number of benzene rings is 1. The molecule has 0 radical (unpaired) electrons. The van der Waals surface area contributed by atoms with Gasteiger partial charge in [0.2, 0.25) is 5.16 Å². The molecule has 1 aromatic heterocycles. The first-order valence-corrected chi connectivity index (χ1v) is 8.16. The van der Waals surface area contributed by atoms with Crippen molar-refractivity contribution in [1.29, 1.82) is 0 Å². The molecule has 20 heavy (non-hydrogen) atoms. The van der Waals surface area contributed by atoms with Crippen LogP contribution in [0.3, 0.4) is 0 Å². The molecule has 0 aliphatic carbocycles. The molecule has 104 valence electrons. The summed E-state index contributed by atoms with van der Waals surface area (Å²) in [5, 5.41) is 14.2. The number of hydrogen-bond acceptors (Lipinski definition) is 4. The van der Waals surface area contributed by atoms with Crippen molar-refractivity contribution in [2.24, 2.45) is 10.5 Å². The highest BCUT2D eigenvalue weighted by molar-refractivity contribution is 9.10. The van der Waals surface area contributed by atoms with E-state index in [-0.39, 0.29) is 5.41 Å². The lowest BCUT2D eigenvalue weighted by atomic mass is 9.91. The van der Waals surface area contributed by atoms with E-state index in [1.165, 1.54) is 0 Å². The molecule has 1 aliphatic heterocycles. The van der Waals surface area contributed by atoms with E-state index in [0.717, 1.165) is 32.5 Å². The van der Waals surface area contributed by atoms with Crippen LogP contribution in [0.1, 0.15) is 20.8 Å². The highest BCUT2D eigenvalue weighted by Crippen LogP contribution is 2.33. The van der Waals surface area contributed by atoms with Crippen LogP contribution in [0.25, 0.3) is 11.4 Å². The van der Waals surface area contributed by atoms with Crippen LogP contribution in [0.15, 0.2) is 39.0 Å². The molecule has 6 heteroatoms. The van der Waals surface area contributed by atoms with Crippen molar-refractivity contribution in [3.8, 4) is 11.4 Å². The first-order chi connectivity index (χ1) is 9.47. The molecule has 0 amide bonds. The van der Waals surface area contributed by atoms with Crippen molar-refractivity contribution in [2.75, 3.05) is 5.75 Å². The Kier molecular flexibility index (Phi) is 3.46. The van der Waals surface area contributed by atoms with E-state index in [9.17, 15) is 0 Å². The summed E-state index contributed by atoms with van der Waals surface area (Å²) in [5.41, 5.74) is 2.22. The van der Waals surface area contributed by atoms with Crippen LogP contribution in [0.2, 0.25) is 0 Å². The first-order valence-electron chi connectivity index (χ1n) is 6.38. The van der Waals surface area contributed by atoms with E-state index in [2.05, 4.69) is 46.9 Å². The summed E-state index contributed by atoms with van der Waals surface area (Å²) in [6.07, 6.45) is 0. The minimum Gasteiger partial charge on any atom is -0.187 e. The fourth-order valence-corrected chi connectivity index (χ4v) is 3.47. The van der Waals surface area contributed by atoms with Crippen LogP contribution in [0, 0.1) is 5.41 Å². The van der Waals surface area contributed by atoms with E-state index in [4.69, 9.17) is 5.10 Å². The van der Waals surface area contributed by atoms with E-state index >= 15 is 0 Å². The second-order valence-electron chi connectivity index (χ2n) is 5.68. The highest BCUT2D eigenvalue weighted by Gasteiger charge is 2.26. The van der Waals surface area contributed by atoms with E-state index in [0.29, 0.717) is 0 Å². The maximum absolute atomic E-state index is 4.76. The SMILES string of the molecule is CC(C)(C)C1=Nn2c(nnc2-c2ccccc2Br)SC1. The second kappa shape index (κ2) is 5.00. The largest absolute Gasteiger partial charge is 0.212 e. The van der Waals surface area contributed by atoms with Crippen molar-refractivity contribution in [3.05, 3.63) is 28.7 Å². The third-order valence-corrected chi connectivity index (χ3v) is 4.77. The molecular formula is C14H15BrN4S. The molecule has 0 atom stereocenters. The lowest BCUT2D eigenvalue weighted by Crippen LogP contribution is -2.26. The molecule has 0 saturated carbocycles. The molecule has 0 saturated heterocycles. The molecule has 0 unspecified atom stereocenters. The van der Waals surface area contributed by atoms with Crippen LogP contribution in [0.5, 0.6) is 0 Å². The lowest BCUT2D eigenvalue weighted by molar-refractivity contribution is 0.574. The second-order valence-corrected chi connectivity index (χ2v) is 7.48. The average Bonchev–Trinajstić information content (AvgIpc) is 2.81. The van der Waals surface area contributed by atoms with Gasteiger partial charge in [0.15, 0.2) is 5.82 Å². The number of halogens is 1. The zero-order chi connectivity index (χ0) is 14.3. The maximum atomic E-state index is 4.76. The number of rotatable bonds is 1. The molecular weight excluding hydrogens is 336 g/mol. The normalized spacial score (nSPS) is 14.9. The van der Waals surface area contributed by atoms with Crippen molar-refractivity contribution in [2.45, 2.75) is 25.9 Å². The summed E-state index contributed by atoms with van der Waals surface area (Å²) in [4.78, 5) is 0. The lowest BCUT2D eigenvalue weighted by Gasteiger charge is -2.24. The molecule has 2 aromatic rings. The zero-order valence-electron chi connectivity index (χ0n) is 11.6. The predicted molar refractivity (Wildman–Crippen MR) is 86.2 cm³/mol. The number of nitrogens with zero attached hydrogens (tertiary/aromatic N) is 4. The van der Waals surface area contributed by atoms with Gasteiger partial charge in [-0.1, -0.05) is 60.6 Å². The van der Waals surface area contributed by atoms with Crippen LogP contribution in [-0.4, -0.2) is 26.3 Å². The molecule has 4 nitrogen and oxygen atoms in total. The summed E-state index contributed by atoms with van der Waals surface area (Å²) < 4.78 is 2.85. The summed E-state index contributed by atoms with van der Waals surface area (Å²) in [6.45, 7) is 6.54. The minimum atomic E-state index is 0.0557. The Morgan fingerprint density at radius 1 is 1.20 bits per heavy atom. The summed E-state index contributed by atoms with van der Waals surface area (Å²) >= 11 is 5.25. The monoisotopic (exact) mass is 350 g/mol. The number of aromatic nitrogens is 3. The molecule has 0 spiro atoms. The van der Waals surface area contributed by atoms with Gasteiger partial charge in [-0.05, 0) is 12.1 Å². The topological polar surface area (TPSA) is 43.1 Å². The summed E-state index contributed by atoms with van der Waals surface area (Å²) in [7, 11) is 0. The fraction of sp³-hybridized carbons (Fsp3) is 0.357. The Hall–Kier alpha value is -1.14. The highest BCUT2D eigenvalue weighted by atomic mass is 79.9. The molecule has 3 rings (SSSR count). The molecule has 2 heterocycles. The Balaban J connectivity index is 2.13. The van der Waals surface area contributed by atoms with Gasteiger partial charge in [0.05, 0.1) is 5.71 Å². The van der Waals surface area contributed by atoms with E-state index in [1.54, 1.807) is 11.8 Å². The van der Waals surface area contributed by atoms with E-state index in [1.807, 2.05) is 28.9 Å². The Labute approximate surface area is 130 Å². The standard InChI is InChI=1S/C14H15BrN4S/c1-14(2,3)11-8-20-13-17-16-12(19(13)18-11)9-6-4-5-7-10(9)15/h4-7H,8H2,1-3H3. The predicted octanol–water partition coefficient (Wildman–Crippen LogP) is 4.06. The Morgan fingerprint density at radius 2 is 1.95 bits per heavy atom. The number of thioether (sulfide) groups is 1. The van der Waals surface area contributed by atoms with Crippen molar-refractivity contribution in [1.82, 2.24) is 14.9 Å². The van der Waals surface area contributed by atoms with Gasteiger partial charge < -0.3 is 0 Å². The van der Waals surface area contributed by atoms with Crippen LogP contribution in [0.4, 0.5) is 0 Å². The van der Waals surface area contributed by atoms with Crippen LogP contribution >= 0.6 is 27.7 Å². The summed E-state index contributed by atoms with van der Waals surface area (Å²) in [5.74, 6) is 1.65. The third kappa shape index (κ3) is 2.42. The molecule has 0 fully saturated rings. The maximum Gasteiger partial charge on any atom is 0.212 e. The first kappa shape index (κ1) is 13.8. The molecule has 0 N–H and O–H groups in total. The van der Waals surface area contributed by atoms with E-state index < -0.39 is 0 Å². The van der Waals surface area contributed by atoms with Gasteiger partial charge >= 0.3 is 0 Å². The zero-order valence-corrected chi connectivity index (χ0v) is 14.0. The minimum absolute atomic E-state index is 0.0557. The molecule has 1 aliphatic rings. The summed E-state index contributed by atoms with van der Waals surface area (Å²) in [6, 6.07) is 8.00. The number of fused-ring (bicyclic) bond motifs is 1. The van der Waals surface area contributed by atoms with Crippen LogP contribution < -0.4 is 0 Å². The van der Waals surface area contributed by atoms with Crippen molar-refractivity contribution >= 4 is 33.4 Å². The van der Waals surface area contributed by atoms with Gasteiger partial charge in [0.25, 0.3) is 0 Å². The van der Waals surface area contributed by atoms with Gasteiger partial charge in [0.1, 0.15) is 0 Å².